The first-order valence-electron chi connectivity index (χ1n) is 7.94. The van der Waals surface area contributed by atoms with Gasteiger partial charge in [0.2, 0.25) is 0 Å². The van der Waals surface area contributed by atoms with Crippen molar-refractivity contribution in [2.24, 2.45) is 0 Å². The van der Waals surface area contributed by atoms with Crippen molar-refractivity contribution in [3.05, 3.63) is 28.5 Å². The maximum Gasteiger partial charge on any atom is 0.0545 e. The molecular formula is C17H28BrN. The van der Waals surface area contributed by atoms with E-state index in [-0.39, 0.29) is 0 Å². The van der Waals surface area contributed by atoms with Crippen LogP contribution in [0.2, 0.25) is 0 Å². The first-order valence-corrected chi connectivity index (χ1v) is 8.73. The third-order valence-corrected chi connectivity index (χ3v) is 4.32. The molecule has 1 aromatic heterocycles. The van der Waals surface area contributed by atoms with E-state index in [1.165, 1.54) is 69.9 Å². The van der Waals surface area contributed by atoms with Gasteiger partial charge in [-0.15, -0.1) is 0 Å². The highest BCUT2D eigenvalue weighted by Gasteiger charge is 1.99. The van der Waals surface area contributed by atoms with Crippen molar-refractivity contribution >= 4 is 15.9 Å². The summed E-state index contributed by atoms with van der Waals surface area (Å²) in [6.45, 7) is 2.28. The van der Waals surface area contributed by atoms with Gasteiger partial charge >= 0.3 is 0 Å². The van der Waals surface area contributed by atoms with Gasteiger partial charge in [-0.3, -0.25) is 4.98 Å². The van der Waals surface area contributed by atoms with E-state index in [0.29, 0.717) is 0 Å². The Hall–Kier alpha value is -0.370. The summed E-state index contributed by atoms with van der Waals surface area (Å²) in [6, 6.07) is 4.06. The maximum atomic E-state index is 4.41. The van der Waals surface area contributed by atoms with Crippen molar-refractivity contribution < 1.29 is 0 Å². The normalized spacial score (nSPS) is 10.8. The smallest absolute Gasteiger partial charge is 0.0545 e. The first kappa shape index (κ1) is 16.7. The lowest BCUT2D eigenvalue weighted by Crippen LogP contribution is -1.91. The minimum Gasteiger partial charge on any atom is -0.260 e. The lowest BCUT2D eigenvalue weighted by Gasteiger charge is -2.04. The maximum absolute atomic E-state index is 4.41. The minimum atomic E-state index is 1.11. The fraction of sp³-hybridized carbons (Fsp3) is 0.706. The molecule has 0 amide bonds. The molecule has 0 radical (unpaired) electrons. The molecule has 1 rings (SSSR count). The molecule has 2 heteroatoms. The molecule has 0 aromatic carbocycles. The summed E-state index contributed by atoms with van der Waals surface area (Å²) in [5, 5.41) is 0. The largest absolute Gasteiger partial charge is 0.260 e. The molecule has 0 spiro atoms. The fourth-order valence-corrected chi connectivity index (χ4v) is 2.84. The highest BCUT2D eigenvalue weighted by Crippen LogP contribution is 2.17. The van der Waals surface area contributed by atoms with Crippen molar-refractivity contribution in [2.75, 3.05) is 0 Å². The van der Waals surface area contributed by atoms with Crippen LogP contribution in [0.5, 0.6) is 0 Å². The number of nitrogens with zero attached hydrogens (tertiary/aromatic N) is 1. The summed E-state index contributed by atoms with van der Waals surface area (Å²) in [5.41, 5.74) is 1.21. The molecule has 108 valence electrons. The van der Waals surface area contributed by atoms with E-state index < -0.39 is 0 Å². The van der Waals surface area contributed by atoms with E-state index in [0.717, 1.165) is 10.9 Å². The molecular weight excluding hydrogens is 298 g/mol. The Labute approximate surface area is 127 Å². The van der Waals surface area contributed by atoms with Crippen LogP contribution in [-0.2, 0) is 6.42 Å². The predicted molar refractivity (Wildman–Crippen MR) is 87.5 cm³/mol. The number of aromatic nitrogens is 1. The predicted octanol–water partition coefficient (Wildman–Crippen LogP) is 6.31. The second kappa shape index (κ2) is 11.5. The Bertz CT molecular complexity index is 325. The molecule has 0 fully saturated rings. The Balaban J connectivity index is 1.90. The fourth-order valence-electron chi connectivity index (χ4n) is 2.38. The van der Waals surface area contributed by atoms with E-state index in [2.05, 4.69) is 33.9 Å². The van der Waals surface area contributed by atoms with Crippen molar-refractivity contribution in [3.63, 3.8) is 0 Å². The molecule has 0 saturated heterocycles. The number of rotatable bonds is 11. The lowest BCUT2D eigenvalue weighted by molar-refractivity contribution is 0.555. The molecule has 1 nitrogen and oxygen atoms in total. The lowest BCUT2D eigenvalue weighted by atomic mass is 10.1. The van der Waals surface area contributed by atoms with E-state index in [1.807, 2.05) is 12.3 Å². The van der Waals surface area contributed by atoms with Gasteiger partial charge in [0.25, 0.3) is 0 Å². The summed E-state index contributed by atoms with van der Waals surface area (Å²) < 4.78 is 1.16. The van der Waals surface area contributed by atoms with Gasteiger partial charge in [0.05, 0.1) is 5.69 Å². The average molecular weight is 326 g/mol. The molecule has 0 aliphatic rings. The molecule has 0 N–H and O–H groups in total. The summed E-state index contributed by atoms with van der Waals surface area (Å²) in [7, 11) is 0. The van der Waals surface area contributed by atoms with Crippen LogP contribution < -0.4 is 0 Å². The van der Waals surface area contributed by atoms with Gasteiger partial charge in [0, 0.05) is 10.7 Å². The minimum absolute atomic E-state index is 1.11. The van der Waals surface area contributed by atoms with Gasteiger partial charge in [-0.1, -0.05) is 64.7 Å². The van der Waals surface area contributed by atoms with Crippen LogP contribution in [0.25, 0.3) is 0 Å². The number of aryl methyl sites for hydroxylation is 1. The van der Waals surface area contributed by atoms with Crippen LogP contribution in [0.4, 0.5) is 0 Å². The summed E-state index contributed by atoms with van der Waals surface area (Å²) in [5.74, 6) is 0. The Morgan fingerprint density at radius 3 is 2.05 bits per heavy atom. The zero-order valence-corrected chi connectivity index (χ0v) is 13.9. The molecule has 0 atom stereocenters. The molecule has 0 unspecified atom stereocenters. The van der Waals surface area contributed by atoms with E-state index >= 15 is 0 Å². The Morgan fingerprint density at radius 1 is 0.895 bits per heavy atom. The van der Waals surface area contributed by atoms with Crippen molar-refractivity contribution in [1.29, 1.82) is 0 Å². The first-order chi connectivity index (χ1) is 9.34. The molecule has 0 aliphatic heterocycles. The highest BCUT2D eigenvalue weighted by atomic mass is 79.9. The SMILES string of the molecule is CCCCCCCCCCCCc1ncccc1Br. The van der Waals surface area contributed by atoms with Gasteiger partial charge in [0.1, 0.15) is 0 Å². The van der Waals surface area contributed by atoms with Crippen LogP contribution in [0.1, 0.15) is 76.8 Å². The number of hydrogen-bond donors (Lipinski definition) is 0. The average Bonchev–Trinajstić information content (AvgIpc) is 2.43. The van der Waals surface area contributed by atoms with Crippen LogP contribution in [0.3, 0.4) is 0 Å². The quantitative estimate of drug-likeness (QED) is 0.434. The standard InChI is InChI=1S/C17H28BrN/c1-2-3-4-5-6-7-8-9-10-11-14-17-16(18)13-12-15-19-17/h12-13,15H,2-11,14H2,1H3. The van der Waals surface area contributed by atoms with Gasteiger partial charge in [-0.2, -0.15) is 0 Å². The monoisotopic (exact) mass is 325 g/mol. The topological polar surface area (TPSA) is 12.9 Å². The van der Waals surface area contributed by atoms with Crippen molar-refractivity contribution in [3.8, 4) is 0 Å². The zero-order chi connectivity index (χ0) is 13.8. The van der Waals surface area contributed by atoms with Gasteiger partial charge in [-0.05, 0) is 40.9 Å². The zero-order valence-electron chi connectivity index (χ0n) is 12.3. The number of hydrogen-bond acceptors (Lipinski definition) is 1. The molecule has 19 heavy (non-hydrogen) atoms. The van der Waals surface area contributed by atoms with Gasteiger partial charge in [-0.25, -0.2) is 0 Å². The summed E-state index contributed by atoms with van der Waals surface area (Å²) in [6.07, 6.45) is 16.9. The highest BCUT2D eigenvalue weighted by molar-refractivity contribution is 9.10. The Morgan fingerprint density at radius 2 is 1.47 bits per heavy atom. The van der Waals surface area contributed by atoms with Crippen molar-refractivity contribution in [2.45, 2.75) is 77.6 Å². The van der Waals surface area contributed by atoms with Crippen LogP contribution in [-0.4, -0.2) is 4.98 Å². The van der Waals surface area contributed by atoms with Crippen LogP contribution in [0, 0.1) is 0 Å². The second-order valence-electron chi connectivity index (χ2n) is 5.36. The number of pyridine rings is 1. The van der Waals surface area contributed by atoms with E-state index in [9.17, 15) is 0 Å². The van der Waals surface area contributed by atoms with Crippen LogP contribution in [0.15, 0.2) is 22.8 Å². The molecule has 0 aliphatic carbocycles. The summed E-state index contributed by atoms with van der Waals surface area (Å²) in [4.78, 5) is 4.41. The Kier molecular flexibility index (Phi) is 10.1. The molecule has 1 heterocycles. The van der Waals surface area contributed by atoms with E-state index in [4.69, 9.17) is 0 Å². The van der Waals surface area contributed by atoms with Crippen LogP contribution >= 0.6 is 15.9 Å². The molecule has 0 bridgehead atoms. The van der Waals surface area contributed by atoms with Gasteiger partial charge < -0.3 is 0 Å². The third-order valence-electron chi connectivity index (χ3n) is 3.60. The van der Waals surface area contributed by atoms with Crippen molar-refractivity contribution in [1.82, 2.24) is 4.98 Å². The number of halogens is 1. The third kappa shape index (κ3) is 8.41. The molecule has 0 saturated carbocycles. The second-order valence-corrected chi connectivity index (χ2v) is 6.22. The van der Waals surface area contributed by atoms with E-state index in [1.54, 1.807) is 0 Å². The van der Waals surface area contributed by atoms with Gasteiger partial charge in [0.15, 0.2) is 0 Å². The molecule has 1 aromatic rings. The number of unbranched alkanes of at least 4 members (excludes halogenated alkanes) is 9. The summed E-state index contributed by atoms with van der Waals surface area (Å²) >= 11 is 3.56.